The number of nitrogens with one attached hydrogen (secondary N) is 1. The first-order chi connectivity index (χ1) is 14.8. The van der Waals surface area contributed by atoms with Crippen molar-refractivity contribution in [3.05, 3.63) is 70.1 Å². The van der Waals surface area contributed by atoms with E-state index in [1.807, 2.05) is 6.92 Å². The van der Waals surface area contributed by atoms with E-state index in [-0.39, 0.29) is 22.6 Å². The molecule has 1 aromatic heterocycles. The number of pyridine rings is 1. The average Bonchev–Trinajstić information content (AvgIpc) is 2.75. The number of aliphatic imine (C=N–C) groups is 1. The molecule has 3 N–H and O–H groups in total. The van der Waals surface area contributed by atoms with Gasteiger partial charge in [0, 0.05) is 55.1 Å². The number of hydrogen-bond donors (Lipinski definition) is 2. The normalized spacial score (nSPS) is 11.1. The van der Waals surface area contributed by atoms with Gasteiger partial charge in [0.1, 0.15) is 11.6 Å². The molecule has 0 spiro atoms. The molecule has 0 fully saturated rings. The van der Waals surface area contributed by atoms with Crippen LogP contribution in [0.25, 0.3) is 11.1 Å². The summed E-state index contributed by atoms with van der Waals surface area (Å²) in [5, 5.41) is 0. The van der Waals surface area contributed by atoms with Gasteiger partial charge in [0.2, 0.25) is 0 Å². The van der Waals surface area contributed by atoms with Crippen molar-refractivity contribution in [1.82, 2.24) is 4.57 Å². The highest BCUT2D eigenvalue weighted by atomic mass is 32.2. The molecule has 0 aliphatic heterocycles. The summed E-state index contributed by atoms with van der Waals surface area (Å²) in [6.45, 7) is 2.01. The molecule has 0 saturated carbocycles. The Morgan fingerprint density at radius 1 is 1.19 bits per heavy atom. The predicted octanol–water partition coefficient (Wildman–Crippen LogP) is 4.83. The summed E-state index contributed by atoms with van der Waals surface area (Å²) in [4.78, 5) is 16.4. The summed E-state index contributed by atoms with van der Waals surface area (Å²) in [5.41, 5.74) is 8.30. The number of ether oxygens (including phenoxy) is 1. The fourth-order valence-corrected chi connectivity index (χ4v) is 3.40. The maximum atomic E-state index is 14.2. The second kappa shape index (κ2) is 9.65. The lowest BCUT2D eigenvalue weighted by molar-refractivity contribution is 0.439. The minimum Gasteiger partial charge on any atom is -0.454 e. The lowest BCUT2D eigenvalue weighted by Gasteiger charge is -2.17. The van der Waals surface area contributed by atoms with E-state index in [0.29, 0.717) is 16.9 Å². The van der Waals surface area contributed by atoms with Crippen LogP contribution in [0.4, 0.5) is 20.2 Å². The predicted molar refractivity (Wildman–Crippen MR) is 123 cm³/mol. The molecule has 0 bridgehead atoms. The number of nitrogens with two attached hydrogens (primary N) is 1. The molecule has 3 aromatic rings. The fraction of sp³-hybridized carbons (Fsp3) is 0.182. The lowest BCUT2D eigenvalue weighted by Crippen LogP contribution is -2.23. The van der Waals surface area contributed by atoms with Crippen molar-refractivity contribution >= 4 is 29.5 Å². The van der Waals surface area contributed by atoms with Crippen molar-refractivity contribution < 1.29 is 13.5 Å². The summed E-state index contributed by atoms with van der Waals surface area (Å²) in [6.07, 6.45) is 2.99. The highest BCUT2D eigenvalue weighted by Gasteiger charge is 2.18. The largest absolute Gasteiger partial charge is 0.454 e. The van der Waals surface area contributed by atoms with E-state index >= 15 is 0 Å². The number of halogens is 2. The van der Waals surface area contributed by atoms with Crippen LogP contribution in [0.5, 0.6) is 11.5 Å². The number of hydrogen-bond acceptors (Lipinski definition) is 6. The topological polar surface area (TPSA) is 81.6 Å². The molecule has 0 radical (unpaired) electrons. The van der Waals surface area contributed by atoms with Crippen molar-refractivity contribution in [1.29, 1.82) is 0 Å². The standard InChI is InChI=1S/C22H22F2N4O2S/c1-4-31-27-14-6-8-19(30-20-7-5-13(23)9-18(20)24)15(10-14)17-12-28(3)22(29)16(11-26-2)21(17)25/h5-12,27H,4,25H2,1-3H3. The molecule has 6 nitrogen and oxygen atoms in total. The number of aryl methyl sites for hydroxylation is 1. The van der Waals surface area contributed by atoms with Gasteiger partial charge in [-0.25, -0.2) is 8.78 Å². The van der Waals surface area contributed by atoms with Crippen LogP contribution in [0.1, 0.15) is 12.5 Å². The Labute approximate surface area is 182 Å². The quantitative estimate of drug-likeness (QED) is 0.403. The van der Waals surface area contributed by atoms with E-state index in [1.54, 1.807) is 38.5 Å². The minimum atomic E-state index is -0.832. The fourth-order valence-electron chi connectivity index (χ4n) is 2.97. The average molecular weight is 445 g/mol. The molecule has 0 amide bonds. The Balaban J connectivity index is 2.20. The molecular formula is C22H22F2N4O2S. The molecule has 0 aliphatic carbocycles. The van der Waals surface area contributed by atoms with Gasteiger partial charge in [0.25, 0.3) is 5.56 Å². The molecule has 3 rings (SSSR count). The first-order valence-corrected chi connectivity index (χ1v) is 10.4. The van der Waals surface area contributed by atoms with Gasteiger partial charge in [-0.15, -0.1) is 0 Å². The molecular weight excluding hydrogens is 422 g/mol. The maximum absolute atomic E-state index is 14.2. The van der Waals surface area contributed by atoms with Crippen LogP contribution in [-0.4, -0.2) is 23.6 Å². The first-order valence-electron chi connectivity index (χ1n) is 9.42. The zero-order valence-corrected chi connectivity index (χ0v) is 18.1. The first kappa shape index (κ1) is 22.4. The second-order valence-corrected chi connectivity index (χ2v) is 7.67. The van der Waals surface area contributed by atoms with Gasteiger partial charge in [0.15, 0.2) is 11.6 Å². The van der Waals surface area contributed by atoms with E-state index < -0.39 is 11.6 Å². The van der Waals surface area contributed by atoms with Gasteiger partial charge in [0.05, 0.1) is 11.3 Å². The van der Waals surface area contributed by atoms with Gasteiger partial charge >= 0.3 is 0 Å². The monoisotopic (exact) mass is 444 g/mol. The van der Waals surface area contributed by atoms with Crippen molar-refractivity contribution in [2.24, 2.45) is 12.0 Å². The smallest absolute Gasteiger partial charge is 0.261 e. The molecule has 31 heavy (non-hydrogen) atoms. The van der Waals surface area contributed by atoms with E-state index in [1.165, 1.54) is 28.8 Å². The molecule has 0 aliphatic rings. The van der Waals surface area contributed by atoms with Crippen LogP contribution in [0.2, 0.25) is 0 Å². The van der Waals surface area contributed by atoms with Crippen molar-refractivity contribution in [2.75, 3.05) is 23.3 Å². The number of benzene rings is 2. The molecule has 2 aromatic carbocycles. The third-order valence-corrected chi connectivity index (χ3v) is 5.10. The van der Waals surface area contributed by atoms with Gasteiger partial charge in [-0.2, -0.15) is 0 Å². The molecule has 162 valence electrons. The van der Waals surface area contributed by atoms with E-state index in [0.717, 1.165) is 23.6 Å². The summed E-state index contributed by atoms with van der Waals surface area (Å²) in [7, 11) is 3.15. The summed E-state index contributed by atoms with van der Waals surface area (Å²) in [5.74, 6) is -0.533. The van der Waals surface area contributed by atoms with Crippen LogP contribution >= 0.6 is 11.9 Å². The molecule has 9 heteroatoms. The van der Waals surface area contributed by atoms with Gasteiger partial charge in [-0.3, -0.25) is 9.79 Å². The molecule has 0 atom stereocenters. The molecule has 0 saturated heterocycles. The number of nitrogen functional groups attached to an aromatic ring is 1. The number of aromatic nitrogens is 1. The van der Waals surface area contributed by atoms with E-state index in [4.69, 9.17) is 10.5 Å². The van der Waals surface area contributed by atoms with Gasteiger partial charge < -0.3 is 19.8 Å². The Kier molecular flexibility index (Phi) is 6.96. The van der Waals surface area contributed by atoms with E-state index in [9.17, 15) is 13.6 Å². The maximum Gasteiger partial charge on any atom is 0.261 e. The number of rotatable bonds is 7. The SMILES string of the molecule is CCSNc1ccc(Oc2ccc(F)cc2F)c(-c2cn(C)c(=O)c(C=NC)c2N)c1. The van der Waals surface area contributed by atoms with Gasteiger partial charge in [-0.1, -0.05) is 18.9 Å². The Morgan fingerprint density at radius 3 is 2.61 bits per heavy atom. The zero-order valence-electron chi connectivity index (χ0n) is 17.3. The van der Waals surface area contributed by atoms with Crippen molar-refractivity contribution in [3.63, 3.8) is 0 Å². The summed E-state index contributed by atoms with van der Waals surface area (Å²) < 4.78 is 37.9. The summed E-state index contributed by atoms with van der Waals surface area (Å²) in [6, 6.07) is 8.31. The third-order valence-electron chi connectivity index (χ3n) is 4.43. The van der Waals surface area contributed by atoms with Crippen molar-refractivity contribution in [2.45, 2.75) is 6.92 Å². The summed E-state index contributed by atoms with van der Waals surface area (Å²) >= 11 is 1.50. The van der Waals surface area contributed by atoms with E-state index in [2.05, 4.69) is 9.71 Å². The minimum absolute atomic E-state index is 0.134. The second-order valence-electron chi connectivity index (χ2n) is 6.60. The number of anilines is 2. The number of nitrogens with zero attached hydrogens (tertiary/aromatic N) is 2. The van der Waals surface area contributed by atoms with Crippen LogP contribution < -0.4 is 20.8 Å². The Bertz CT molecular complexity index is 1190. The van der Waals surface area contributed by atoms with Crippen LogP contribution in [0, 0.1) is 11.6 Å². The van der Waals surface area contributed by atoms with Crippen LogP contribution in [0.15, 0.2) is 52.4 Å². The molecule has 0 unspecified atom stereocenters. The Morgan fingerprint density at radius 2 is 1.94 bits per heavy atom. The lowest BCUT2D eigenvalue weighted by atomic mass is 10.0. The Hall–Kier alpha value is -3.33. The van der Waals surface area contributed by atoms with Gasteiger partial charge in [-0.05, 0) is 30.3 Å². The van der Waals surface area contributed by atoms with Crippen LogP contribution in [-0.2, 0) is 7.05 Å². The highest BCUT2D eigenvalue weighted by Crippen LogP contribution is 2.39. The molecule has 1 heterocycles. The zero-order chi connectivity index (χ0) is 22.5. The third kappa shape index (κ3) is 4.88. The van der Waals surface area contributed by atoms with Crippen molar-refractivity contribution in [3.8, 4) is 22.6 Å². The van der Waals surface area contributed by atoms with Crippen LogP contribution in [0.3, 0.4) is 0 Å². The highest BCUT2D eigenvalue weighted by molar-refractivity contribution is 8.00.